The van der Waals surface area contributed by atoms with Crippen LogP contribution >= 0.6 is 11.3 Å². The molecule has 1 fully saturated rings. The number of carbonyl (C=O) groups excluding carboxylic acids is 1. The van der Waals surface area contributed by atoms with Crippen molar-refractivity contribution in [3.63, 3.8) is 0 Å². The normalized spacial score (nSPS) is 16.1. The lowest BCUT2D eigenvalue weighted by molar-refractivity contribution is 0.102. The standard InChI is InChI=1S/C21H21N7OS/c22-10-13-6-9-30-20(13)16-4-3-15(24)19(26-16)21(29)27-17-11-25-7-5-18(17)28-8-1-2-14(23)12-28/h3-7,9,11,14H,1-2,8,12,23-24H2,(H,27,29). The summed E-state index contributed by atoms with van der Waals surface area (Å²) in [5.74, 6) is -0.431. The number of pyridine rings is 2. The fourth-order valence-corrected chi connectivity index (χ4v) is 4.36. The second-order valence-electron chi connectivity index (χ2n) is 7.10. The minimum Gasteiger partial charge on any atom is -0.397 e. The van der Waals surface area contributed by atoms with Crippen LogP contribution in [0.25, 0.3) is 10.6 Å². The largest absolute Gasteiger partial charge is 0.397 e. The number of rotatable bonds is 4. The zero-order chi connectivity index (χ0) is 21.1. The van der Waals surface area contributed by atoms with Crippen LogP contribution in [0.3, 0.4) is 0 Å². The van der Waals surface area contributed by atoms with Gasteiger partial charge in [-0.05, 0) is 42.5 Å². The van der Waals surface area contributed by atoms with E-state index in [2.05, 4.69) is 26.3 Å². The Morgan fingerprint density at radius 2 is 2.20 bits per heavy atom. The molecule has 0 radical (unpaired) electrons. The van der Waals surface area contributed by atoms with Gasteiger partial charge in [0.25, 0.3) is 5.91 Å². The van der Waals surface area contributed by atoms with Gasteiger partial charge < -0.3 is 21.7 Å². The van der Waals surface area contributed by atoms with Crippen molar-refractivity contribution in [2.45, 2.75) is 18.9 Å². The first-order valence-electron chi connectivity index (χ1n) is 9.57. The van der Waals surface area contributed by atoms with E-state index < -0.39 is 5.91 Å². The molecule has 0 saturated carbocycles. The average molecular weight is 420 g/mol. The number of nitrogens with two attached hydrogens (primary N) is 2. The second kappa shape index (κ2) is 8.49. The lowest BCUT2D eigenvalue weighted by Gasteiger charge is -2.33. The van der Waals surface area contributed by atoms with E-state index in [-0.39, 0.29) is 17.4 Å². The maximum atomic E-state index is 13.0. The van der Waals surface area contributed by atoms with Crippen LogP contribution in [-0.2, 0) is 0 Å². The molecular formula is C21H21N7OS. The molecule has 0 spiro atoms. The third kappa shape index (κ3) is 3.96. The summed E-state index contributed by atoms with van der Waals surface area (Å²) in [5, 5.41) is 14.0. The summed E-state index contributed by atoms with van der Waals surface area (Å²) in [4.78, 5) is 24.5. The molecule has 1 atom stereocenters. The molecule has 1 unspecified atom stereocenters. The molecule has 5 N–H and O–H groups in total. The van der Waals surface area contributed by atoms with Crippen LogP contribution < -0.4 is 21.7 Å². The summed E-state index contributed by atoms with van der Waals surface area (Å²) < 4.78 is 0. The van der Waals surface area contributed by atoms with E-state index in [1.54, 1.807) is 30.6 Å². The van der Waals surface area contributed by atoms with Crippen LogP contribution in [0.5, 0.6) is 0 Å². The van der Waals surface area contributed by atoms with E-state index in [1.807, 2.05) is 11.4 Å². The summed E-state index contributed by atoms with van der Waals surface area (Å²) in [7, 11) is 0. The van der Waals surface area contributed by atoms with Gasteiger partial charge in [0.05, 0.1) is 39.4 Å². The van der Waals surface area contributed by atoms with Gasteiger partial charge in [-0.3, -0.25) is 9.78 Å². The maximum absolute atomic E-state index is 13.0. The molecule has 1 saturated heterocycles. The molecule has 0 aliphatic carbocycles. The molecule has 0 bridgehead atoms. The van der Waals surface area contributed by atoms with Crippen LogP contribution in [0, 0.1) is 11.3 Å². The first-order valence-corrected chi connectivity index (χ1v) is 10.4. The predicted octanol–water partition coefficient (Wildman–Crippen LogP) is 2.84. The molecule has 4 heterocycles. The first-order chi connectivity index (χ1) is 14.6. The predicted molar refractivity (Wildman–Crippen MR) is 118 cm³/mol. The number of piperidine rings is 1. The Balaban J connectivity index is 1.62. The van der Waals surface area contributed by atoms with Gasteiger partial charge >= 0.3 is 0 Å². The van der Waals surface area contributed by atoms with Gasteiger partial charge in [-0.1, -0.05) is 0 Å². The highest BCUT2D eigenvalue weighted by atomic mass is 32.1. The van der Waals surface area contributed by atoms with Crippen LogP contribution in [-0.4, -0.2) is 35.0 Å². The smallest absolute Gasteiger partial charge is 0.276 e. The SMILES string of the molecule is N#Cc1ccsc1-c1ccc(N)c(C(=O)Nc2cnccc2N2CCCC(N)C2)n1. The van der Waals surface area contributed by atoms with Crippen molar-refractivity contribution >= 4 is 34.3 Å². The Bertz CT molecular complexity index is 1120. The minimum absolute atomic E-state index is 0.101. The highest BCUT2D eigenvalue weighted by Gasteiger charge is 2.22. The van der Waals surface area contributed by atoms with Gasteiger partial charge in [0.15, 0.2) is 5.69 Å². The number of hydrogen-bond donors (Lipinski definition) is 3. The Labute approximate surface area is 178 Å². The van der Waals surface area contributed by atoms with Gasteiger partial charge in [0.1, 0.15) is 6.07 Å². The lowest BCUT2D eigenvalue weighted by atomic mass is 10.1. The Morgan fingerprint density at radius 3 is 3.00 bits per heavy atom. The summed E-state index contributed by atoms with van der Waals surface area (Å²) in [5.41, 5.74) is 15.0. The second-order valence-corrected chi connectivity index (χ2v) is 8.02. The van der Waals surface area contributed by atoms with Crippen molar-refractivity contribution in [3.05, 3.63) is 53.3 Å². The number of anilines is 3. The molecule has 4 rings (SSSR count). The van der Waals surface area contributed by atoms with Gasteiger partial charge in [-0.15, -0.1) is 11.3 Å². The van der Waals surface area contributed by atoms with Crippen molar-refractivity contribution in [2.24, 2.45) is 5.73 Å². The summed E-state index contributed by atoms with van der Waals surface area (Å²) in [6.45, 7) is 1.59. The fraction of sp³-hybridized carbons (Fsp3) is 0.238. The number of hydrogen-bond acceptors (Lipinski definition) is 8. The number of amides is 1. The number of carbonyl (C=O) groups is 1. The molecule has 1 aliphatic heterocycles. The molecule has 8 nitrogen and oxygen atoms in total. The lowest BCUT2D eigenvalue weighted by Crippen LogP contribution is -2.43. The van der Waals surface area contributed by atoms with Gasteiger partial charge in [-0.25, -0.2) is 4.98 Å². The topological polar surface area (TPSA) is 134 Å². The average Bonchev–Trinajstić information content (AvgIpc) is 3.23. The number of nitriles is 1. The molecule has 0 aromatic carbocycles. The minimum atomic E-state index is -0.431. The number of nitrogen functional groups attached to an aromatic ring is 1. The quantitative estimate of drug-likeness (QED) is 0.592. The van der Waals surface area contributed by atoms with E-state index in [1.165, 1.54) is 11.3 Å². The van der Waals surface area contributed by atoms with Crippen molar-refractivity contribution in [3.8, 4) is 16.6 Å². The van der Waals surface area contributed by atoms with E-state index in [9.17, 15) is 10.1 Å². The van der Waals surface area contributed by atoms with Gasteiger partial charge in [-0.2, -0.15) is 5.26 Å². The zero-order valence-corrected chi connectivity index (χ0v) is 17.0. The number of nitrogens with zero attached hydrogens (tertiary/aromatic N) is 4. The molecule has 30 heavy (non-hydrogen) atoms. The summed E-state index contributed by atoms with van der Waals surface area (Å²) in [6, 6.07) is 9.18. The van der Waals surface area contributed by atoms with E-state index >= 15 is 0 Å². The number of thiophene rings is 1. The van der Waals surface area contributed by atoms with Crippen LogP contribution in [0.15, 0.2) is 42.0 Å². The number of nitrogens with one attached hydrogen (secondary N) is 1. The van der Waals surface area contributed by atoms with Crippen LogP contribution in [0.1, 0.15) is 28.9 Å². The molecule has 3 aromatic rings. The highest BCUT2D eigenvalue weighted by Crippen LogP contribution is 2.30. The van der Waals surface area contributed by atoms with Crippen LogP contribution in [0.4, 0.5) is 17.1 Å². The third-order valence-corrected chi connectivity index (χ3v) is 5.94. The Morgan fingerprint density at radius 1 is 1.33 bits per heavy atom. The van der Waals surface area contributed by atoms with E-state index in [4.69, 9.17) is 11.5 Å². The van der Waals surface area contributed by atoms with Crippen LogP contribution in [0.2, 0.25) is 0 Å². The molecule has 1 aliphatic rings. The maximum Gasteiger partial charge on any atom is 0.276 e. The highest BCUT2D eigenvalue weighted by molar-refractivity contribution is 7.13. The molecule has 1 amide bonds. The van der Waals surface area contributed by atoms with Gasteiger partial charge in [0.2, 0.25) is 0 Å². The summed E-state index contributed by atoms with van der Waals surface area (Å²) in [6.07, 6.45) is 5.29. The van der Waals surface area contributed by atoms with Crippen molar-refractivity contribution < 1.29 is 4.79 Å². The van der Waals surface area contributed by atoms with Crippen molar-refractivity contribution in [1.29, 1.82) is 5.26 Å². The molecule has 3 aromatic heterocycles. The Hall–Kier alpha value is -3.48. The van der Waals surface area contributed by atoms with E-state index in [0.29, 0.717) is 21.8 Å². The first kappa shape index (κ1) is 19.8. The third-order valence-electron chi connectivity index (χ3n) is 5.00. The van der Waals surface area contributed by atoms with E-state index in [0.717, 1.165) is 31.6 Å². The Kier molecular flexibility index (Phi) is 5.61. The monoisotopic (exact) mass is 419 g/mol. The van der Waals surface area contributed by atoms with Crippen molar-refractivity contribution in [1.82, 2.24) is 9.97 Å². The molecule has 9 heteroatoms. The summed E-state index contributed by atoms with van der Waals surface area (Å²) >= 11 is 1.39. The molecular weight excluding hydrogens is 398 g/mol. The van der Waals surface area contributed by atoms with Crippen molar-refractivity contribution in [2.75, 3.05) is 29.0 Å². The number of aromatic nitrogens is 2. The zero-order valence-electron chi connectivity index (χ0n) is 16.2. The fourth-order valence-electron chi connectivity index (χ4n) is 3.54. The van der Waals surface area contributed by atoms with Gasteiger partial charge in [0, 0.05) is 25.3 Å². The molecule has 152 valence electrons.